The van der Waals surface area contributed by atoms with Crippen LogP contribution in [-0.2, 0) is 6.18 Å². The van der Waals surface area contributed by atoms with E-state index in [9.17, 15) is 13.2 Å². The first kappa shape index (κ1) is 13.5. The zero-order valence-electron chi connectivity index (χ0n) is 10.9. The highest BCUT2D eigenvalue weighted by Gasteiger charge is 2.37. The molecule has 0 aromatic carbocycles. The first-order chi connectivity index (χ1) is 10.1. The Labute approximate surface area is 118 Å². The second-order valence-electron chi connectivity index (χ2n) is 4.62. The van der Waals surface area contributed by atoms with Gasteiger partial charge in [0.1, 0.15) is 0 Å². The molecule has 3 nitrogen and oxygen atoms in total. The number of H-pyrrole nitrogens is 2. The van der Waals surface area contributed by atoms with Crippen molar-refractivity contribution in [3.63, 3.8) is 0 Å². The summed E-state index contributed by atoms with van der Waals surface area (Å²) < 4.78 is 39.7. The third kappa shape index (κ3) is 2.56. The average molecular weight is 291 g/mol. The molecule has 0 saturated carbocycles. The summed E-state index contributed by atoms with van der Waals surface area (Å²) in [5.74, 6) is -0.618. The van der Waals surface area contributed by atoms with Crippen molar-refractivity contribution in [2.75, 3.05) is 0 Å². The summed E-state index contributed by atoms with van der Waals surface area (Å²) in [6, 6.07) is 9.36. The second kappa shape index (κ2) is 5.12. The molecule has 0 aliphatic heterocycles. The van der Waals surface area contributed by atoms with Crippen LogP contribution in [-0.4, -0.2) is 15.0 Å². The smallest absolute Gasteiger partial charge is 0.364 e. The number of aromatic nitrogens is 3. The Balaban J connectivity index is 2.19. The molecule has 3 heterocycles. The predicted octanol–water partition coefficient (Wildman–Crippen LogP) is 3.94. The summed E-state index contributed by atoms with van der Waals surface area (Å²) in [6.07, 6.45) is 0.299. The van der Waals surface area contributed by atoms with Gasteiger partial charge in [0.05, 0.1) is 17.2 Å². The largest absolute Gasteiger partial charge is 0.418 e. The number of nitrogens with one attached hydrogen (secondary N) is 2. The Morgan fingerprint density at radius 2 is 1.52 bits per heavy atom. The molecule has 0 atom stereocenters. The molecule has 3 aromatic heterocycles. The van der Waals surface area contributed by atoms with Crippen LogP contribution in [0.25, 0.3) is 0 Å². The van der Waals surface area contributed by atoms with E-state index >= 15 is 0 Å². The Hall–Kier alpha value is -2.50. The predicted molar refractivity (Wildman–Crippen MR) is 71.8 cm³/mol. The topological polar surface area (TPSA) is 44.5 Å². The van der Waals surface area contributed by atoms with Gasteiger partial charge in [-0.3, -0.25) is 4.98 Å². The molecule has 2 N–H and O–H groups in total. The van der Waals surface area contributed by atoms with Crippen LogP contribution in [0.4, 0.5) is 13.2 Å². The van der Waals surface area contributed by atoms with Gasteiger partial charge in [0.2, 0.25) is 0 Å². The van der Waals surface area contributed by atoms with Crippen molar-refractivity contribution in [3.8, 4) is 0 Å². The molecule has 3 aromatic rings. The second-order valence-corrected chi connectivity index (χ2v) is 4.62. The fourth-order valence-corrected chi connectivity index (χ4v) is 2.40. The SMILES string of the molecule is FC(F)(F)c1cccnc1C(c1ccc[nH]1)c1ccc[nH]1. The molecular weight excluding hydrogens is 279 g/mol. The fourth-order valence-electron chi connectivity index (χ4n) is 2.40. The summed E-state index contributed by atoms with van der Waals surface area (Å²) >= 11 is 0. The quantitative estimate of drug-likeness (QED) is 0.754. The first-order valence-electron chi connectivity index (χ1n) is 6.36. The van der Waals surface area contributed by atoms with Crippen molar-refractivity contribution < 1.29 is 13.2 Å². The molecule has 0 aliphatic rings. The van der Waals surface area contributed by atoms with Crippen LogP contribution in [0.2, 0.25) is 0 Å². The number of hydrogen-bond acceptors (Lipinski definition) is 1. The van der Waals surface area contributed by atoms with Crippen LogP contribution in [0.1, 0.15) is 28.6 Å². The van der Waals surface area contributed by atoms with Gasteiger partial charge in [-0.15, -0.1) is 0 Å². The maximum absolute atomic E-state index is 13.2. The van der Waals surface area contributed by atoms with E-state index in [4.69, 9.17) is 0 Å². The number of aromatic amines is 2. The first-order valence-corrected chi connectivity index (χ1v) is 6.36. The molecule has 3 rings (SSSR count). The average Bonchev–Trinajstić information content (AvgIpc) is 3.12. The van der Waals surface area contributed by atoms with E-state index in [0.717, 1.165) is 6.07 Å². The minimum absolute atomic E-state index is 0.0186. The van der Waals surface area contributed by atoms with Gasteiger partial charge in [0.25, 0.3) is 0 Å². The van der Waals surface area contributed by atoms with Crippen molar-refractivity contribution >= 4 is 0 Å². The highest BCUT2D eigenvalue weighted by Crippen LogP contribution is 2.38. The molecule has 0 spiro atoms. The lowest BCUT2D eigenvalue weighted by Gasteiger charge is -2.19. The summed E-state index contributed by atoms with van der Waals surface area (Å²) in [4.78, 5) is 9.95. The normalized spacial score (nSPS) is 12.0. The van der Waals surface area contributed by atoms with Crippen LogP contribution in [0, 0.1) is 0 Å². The molecule has 21 heavy (non-hydrogen) atoms. The van der Waals surface area contributed by atoms with Crippen LogP contribution in [0.5, 0.6) is 0 Å². The molecule has 0 amide bonds. The number of nitrogens with zero attached hydrogens (tertiary/aromatic N) is 1. The Bertz CT molecular complexity index is 666. The van der Waals surface area contributed by atoms with Gasteiger partial charge in [-0.1, -0.05) is 0 Å². The number of hydrogen-bond donors (Lipinski definition) is 2. The lowest BCUT2D eigenvalue weighted by molar-refractivity contribution is -0.138. The minimum atomic E-state index is -4.44. The summed E-state index contributed by atoms with van der Waals surface area (Å²) in [6.45, 7) is 0. The highest BCUT2D eigenvalue weighted by molar-refractivity contribution is 5.39. The molecule has 6 heteroatoms. The lowest BCUT2D eigenvalue weighted by atomic mass is 9.93. The van der Waals surface area contributed by atoms with E-state index < -0.39 is 17.7 Å². The summed E-state index contributed by atoms with van der Waals surface area (Å²) in [7, 11) is 0. The van der Waals surface area contributed by atoms with Crippen LogP contribution < -0.4 is 0 Å². The molecule has 0 fully saturated rings. The van der Waals surface area contributed by atoms with Gasteiger partial charge in [-0.25, -0.2) is 0 Å². The Morgan fingerprint density at radius 1 is 0.905 bits per heavy atom. The van der Waals surface area contributed by atoms with Crippen LogP contribution in [0.15, 0.2) is 55.0 Å². The number of rotatable bonds is 3. The van der Waals surface area contributed by atoms with Crippen molar-refractivity contribution in [2.24, 2.45) is 0 Å². The van der Waals surface area contributed by atoms with Gasteiger partial charge < -0.3 is 9.97 Å². The molecular formula is C15H12F3N3. The van der Waals surface area contributed by atoms with Crippen LogP contribution >= 0.6 is 0 Å². The molecule has 0 radical (unpaired) electrons. The third-order valence-corrected chi connectivity index (χ3v) is 3.28. The van der Waals surface area contributed by atoms with E-state index in [2.05, 4.69) is 15.0 Å². The summed E-state index contributed by atoms with van der Waals surface area (Å²) in [5, 5.41) is 0. The van der Waals surface area contributed by atoms with E-state index in [0.29, 0.717) is 11.4 Å². The van der Waals surface area contributed by atoms with Crippen molar-refractivity contribution in [1.29, 1.82) is 0 Å². The maximum Gasteiger partial charge on any atom is 0.418 e. The molecule has 108 valence electrons. The zero-order valence-corrected chi connectivity index (χ0v) is 10.9. The van der Waals surface area contributed by atoms with Gasteiger partial charge >= 0.3 is 6.18 Å². The fraction of sp³-hybridized carbons (Fsp3) is 0.133. The monoisotopic (exact) mass is 291 g/mol. The van der Waals surface area contributed by atoms with Crippen LogP contribution in [0.3, 0.4) is 0 Å². The van der Waals surface area contributed by atoms with Gasteiger partial charge in [0, 0.05) is 30.0 Å². The van der Waals surface area contributed by atoms with E-state index in [1.807, 2.05) is 0 Å². The zero-order chi connectivity index (χ0) is 14.9. The van der Waals surface area contributed by atoms with Crippen molar-refractivity contribution in [3.05, 3.63) is 77.6 Å². The number of alkyl halides is 3. The Kier molecular flexibility index (Phi) is 3.29. The standard InChI is InChI=1S/C15H12F3N3/c16-15(17,18)10-4-1-9-21-14(10)13(11-5-2-7-19-11)12-6-3-8-20-12/h1-9,13,19-20H. The maximum atomic E-state index is 13.2. The lowest BCUT2D eigenvalue weighted by Crippen LogP contribution is -2.16. The van der Waals surface area contributed by atoms with E-state index in [-0.39, 0.29) is 5.69 Å². The molecule has 0 unspecified atom stereocenters. The molecule has 0 aliphatic carbocycles. The Morgan fingerprint density at radius 3 is 2.00 bits per heavy atom. The highest BCUT2D eigenvalue weighted by atomic mass is 19.4. The van der Waals surface area contributed by atoms with E-state index in [1.165, 1.54) is 12.3 Å². The number of halogens is 3. The molecule has 0 bridgehead atoms. The number of pyridine rings is 1. The van der Waals surface area contributed by atoms with Gasteiger partial charge in [-0.05, 0) is 36.4 Å². The summed E-state index contributed by atoms with van der Waals surface area (Å²) in [5.41, 5.74) is 0.567. The minimum Gasteiger partial charge on any atom is -0.364 e. The molecule has 0 saturated heterocycles. The van der Waals surface area contributed by atoms with Gasteiger partial charge in [0.15, 0.2) is 0 Å². The third-order valence-electron chi connectivity index (χ3n) is 3.28. The van der Waals surface area contributed by atoms with Crippen molar-refractivity contribution in [2.45, 2.75) is 12.1 Å². The van der Waals surface area contributed by atoms with Gasteiger partial charge in [-0.2, -0.15) is 13.2 Å². The van der Waals surface area contributed by atoms with E-state index in [1.54, 1.807) is 36.7 Å². The van der Waals surface area contributed by atoms with Crippen molar-refractivity contribution in [1.82, 2.24) is 15.0 Å².